The number of unbranched alkanes of at least 4 members (excludes halogenated alkanes) is 8. The number of nitrogens with zero attached hydrogens (tertiary/aromatic N) is 1. The van der Waals surface area contributed by atoms with E-state index in [0.29, 0.717) is 32.1 Å². The predicted octanol–water partition coefficient (Wildman–Crippen LogP) is 18.5. The summed E-state index contributed by atoms with van der Waals surface area (Å²) >= 11 is 0. The fraction of sp³-hybridized carbons (Fsp3) is 1.00. The second-order valence-corrected chi connectivity index (χ2v) is 21.2. The SMILES string of the molecule is CCCCCCCOCC(F)(F)C(F)C(F)(F)C(F)(F)C(F)(F)C(F)(F)C(F)(F)C(F)(F)C(F)(F)C(F)(F)COCCC(CCOCC(F)(F)C(F)(F)C(F)(F)C(F)(F)C(F)(F)C(F)(F)C(F)(F)C(F)(F)C(F)(F)C(F)(F)COCCCCCCC)OCCCN(C)C. The Morgan fingerprint density at radius 3 is 0.806 bits per heavy atom. The lowest BCUT2D eigenvalue weighted by Crippen LogP contribution is -2.77. The topological polar surface area (TPSA) is 49.4 Å². The molecule has 0 fully saturated rings. The molecule has 45 heteroatoms. The molecule has 0 N–H and O–H groups in total. The average molecular weight is 1470 g/mol. The van der Waals surface area contributed by atoms with Gasteiger partial charge in [0.2, 0.25) is 6.17 Å². The minimum atomic E-state index is -9.42. The van der Waals surface area contributed by atoms with E-state index in [1.807, 2.05) is 0 Å². The van der Waals surface area contributed by atoms with Crippen LogP contribution in [0.2, 0.25) is 0 Å². The van der Waals surface area contributed by atoms with Crippen LogP contribution in [-0.2, 0) is 23.7 Å². The number of hydrogen-bond donors (Lipinski definition) is 0. The van der Waals surface area contributed by atoms with Gasteiger partial charge in [0, 0.05) is 33.0 Å². The van der Waals surface area contributed by atoms with Crippen molar-refractivity contribution in [2.75, 3.05) is 80.1 Å². The molecule has 0 aliphatic carbocycles. The lowest BCUT2D eigenvalue weighted by Gasteiger charge is -2.45. The van der Waals surface area contributed by atoms with E-state index in [9.17, 15) is 171 Å². The summed E-state index contributed by atoms with van der Waals surface area (Å²) in [6, 6.07) is 0. The Bertz CT molecular complexity index is 2230. The molecule has 0 aromatic rings. The molecule has 0 aliphatic rings. The van der Waals surface area contributed by atoms with Crippen molar-refractivity contribution in [2.45, 2.75) is 222 Å². The molecule has 0 radical (unpaired) electrons. The minimum Gasteiger partial charge on any atom is -0.378 e. The van der Waals surface area contributed by atoms with Gasteiger partial charge in [0.05, 0.1) is 6.10 Å². The third-order valence-electron chi connectivity index (χ3n) is 13.4. The number of halogens is 39. The summed E-state index contributed by atoms with van der Waals surface area (Å²) in [7, 11) is 2.62. The molecule has 0 saturated heterocycles. The summed E-state index contributed by atoms with van der Waals surface area (Å²) in [5.41, 5.74) is 0. The first-order valence-electron chi connectivity index (χ1n) is 26.7. The molecule has 560 valence electrons. The summed E-state index contributed by atoms with van der Waals surface area (Å²) in [5.74, 6) is -161. The molecule has 93 heavy (non-hydrogen) atoms. The maximum Gasteiger partial charge on any atom is 0.385 e. The van der Waals surface area contributed by atoms with Crippen molar-refractivity contribution in [1.82, 2.24) is 4.90 Å². The van der Waals surface area contributed by atoms with Crippen LogP contribution in [0.5, 0.6) is 0 Å². The molecule has 2 unspecified atom stereocenters. The molecule has 0 heterocycles. The van der Waals surface area contributed by atoms with Gasteiger partial charge in [-0.1, -0.05) is 65.2 Å². The zero-order valence-electron chi connectivity index (χ0n) is 48.1. The van der Waals surface area contributed by atoms with Crippen molar-refractivity contribution in [3.63, 3.8) is 0 Å². The summed E-state index contributed by atoms with van der Waals surface area (Å²) in [4.78, 5) is 1.30. The standard InChI is InChI=1S/C48H60F39NO5/c1-5-7-9-11-13-19-89-24-30(50,51)29(49)34(58,59)38(66,67)42(74,75)46(82,83)43(76,77)39(68,69)36(62,63)32(54,55)26-91-22-16-28(93-21-15-18-88(3)4)17-23-92-27-33(56,57)37(64,65)41(72,73)45(80,81)48(86,87)47(84,85)44(78,79)40(70,71)35(60,61)31(52,53)25-90-20-14-12-10-8-6-2/h28-29H,5-27H2,1-4H3. The normalized spacial score (nSPS) is 16.3. The smallest absolute Gasteiger partial charge is 0.378 e. The summed E-state index contributed by atoms with van der Waals surface area (Å²) in [6.45, 7) is -16.6. The van der Waals surface area contributed by atoms with Gasteiger partial charge in [-0.3, -0.25) is 0 Å². The zero-order chi connectivity index (χ0) is 74.0. The molecule has 0 amide bonds. The van der Waals surface area contributed by atoms with E-state index in [1.54, 1.807) is 13.8 Å². The Labute approximate surface area is 502 Å². The van der Waals surface area contributed by atoms with E-state index in [1.165, 1.54) is 19.0 Å². The monoisotopic (exact) mass is 1470 g/mol. The second-order valence-electron chi connectivity index (χ2n) is 21.2. The Kier molecular flexibility index (Phi) is 30.5. The Morgan fingerprint density at radius 1 is 0.280 bits per heavy atom. The van der Waals surface area contributed by atoms with E-state index in [4.69, 9.17) is 4.74 Å². The van der Waals surface area contributed by atoms with Crippen LogP contribution in [0.4, 0.5) is 171 Å². The van der Waals surface area contributed by atoms with Crippen LogP contribution in [0.15, 0.2) is 0 Å². The fourth-order valence-corrected chi connectivity index (χ4v) is 7.44. The van der Waals surface area contributed by atoms with E-state index < -0.39 is 197 Å². The van der Waals surface area contributed by atoms with E-state index >= 15 is 0 Å². The van der Waals surface area contributed by atoms with Gasteiger partial charge in [-0.05, 0) is 52.7 Å². The van der Waals surface area contributed by atoms with Crippen molar-refractivity contribution in [1.29, 1.82) is 0 Å². The van der Waals surface area contributed by atoms with Gasteiger partial charge in [0.25, 0.3) is 0 Å². The molecule has 2 atom stereocenters. The minimum absolute atomic E-state index is 0.0218. The highest BCUT2D eigenvalue weighted by Crippen LogP contribution is 2.68. The van der Waals surface area contributed by atoms with Gasteiger partial charge in [-0.25, -0.2) is 13.2 Å². The summed E-state index contributed by atoms with van der Waals surface area (Å²) in [6.07, 6.45) is -9.33. The summed E-state index contributed by atoms with van der Waals surface area (Å²) in [5, 5.41) is 0. The van der Waals surface area contributed by atoms with Crippen LogP contribution >= 0.6 is 0 Å². The van der Waals surface area contributed by atoms with E-state index in [2.05, 4.69) is 18.9 Å². The largest absolute Gasteiger partial charge is 0.385 e. The number of rotatable bonds is 49. The lowest BCUT2D eigenvalue weighted by molar-refractivity contribution is -0.470. The Morgan fingerprint density at radius 2 is 0.527 bits per heavy atom. The van der Waals surface area contributed by atoms with Gasteiger partial charge in [-0.15, -0.1) is 0 Å². The Balaban J connectivity index is 6.62. The first-order valence-corrected chi connectivity index (χ1v) is 26.7. The molecular weight excluding hydrogens is 1410 g/mol. The van der Waals surface area contributed by atoms with Crippen molar-refractivity contribution < 1.29 is 195 Å². The molecule has 0 spiro atoms. The molecule has 0 aromatic carbocycles. The first-order chi connectivity index (χ1) is 41.3. The molecule has 0 aliphatic heterocycles. The van der Waals surface area contributed by atoms with Crippen molar-refractivity contribution in [3.05, 3.63) is 0 Å². The molecular formula is C48H60F39NO5. The predicted molar refractivity (Wildman–Crippen MR) is 242 cm³/mol. The first kappa shape index (κ1) is 90.0. The third-order valence-corrected chi connectivity index (χ3v) is 13.4. The van der Waals surface area contributed by atoms with Crippen LogP contribution in [0.25, 0.3) is 0 Å². The number of hydrogen-bond acceptors (Lipinski definition) is 6. The van der Waals surface area contributed by atoms with Gasteiger partial charge >= 0.3 is 113 Å². The summed E-state index contributed by atoms with van der Waals surface area (Å²) < 4.78 is 584. The van der Waals surface area contributed by atoms with Crippen molar-refractivity contribution >= 4 is 0 Å². The quantitative estimate of drug-likeness (QED) is 0.0447. The highest BCUT2D eigenvalue weighted by atomic mass is 19.4. The van der Waals surface area contributed by atoms with Gasteiger partial charge < -0.3 is 28.6 Å². The van der Waals surface area contributed by atoms with Gasteiger partial charge in [0.1, 0.15) is 26.4 Å². The van der Waals surface area contributed by atoms with Crippen LogP contribution in [0.1, 0.15) is 97.3 Å². The molecule has 0 bridgehead atoms. The number of ether oxygens (including phenoxy) is 5. The Hall–Kier alpha value is -2.97. The molecule has 6 nitrogen and oxygen atoms in total. The highest BCUT2D eigenvalue weighted by molar-refractivity contribution is 5.20. The van der Waals surface area contributed by atoms with E-state index in [0.717, 1.165) is 0 Å². The fourth-order valence-electron chi connectivity index (χ4n) is 7.44. The molecule has 0 saturated carbocycles. The highest BCUT2D eigenvalue weighted by Gasteiger charge is 2.99. The third kappa shape index (κ3) is 17.5. The van der Waals surface area contributed by atoms with Gasteiger partial charge in [0.15, 0.2) is 0 Å². The van der Waals surface area contributed by atoms with Crippen molar-refractivity contribution in [3.8, 4) is 0 Å². The maximum absolute atomic E-state index is 14.6. The van der Waals surface area contributed by atoms with Crippen molar-refractivity contribution in [2.24, 2.45) is 0 Å². The molecule has 0 rings (SSSR count). The average Bonchev–Trinajstić information content (AvgIpc) is 0.698. The van der Waals surface area contributed by atoms with Crippen LogP contribution in [0.3, 0.4) is 0 Å². The van der Waals surface area contributed by atoms with Crippen LogP contribution < -0.4 is 0 Å². The zero-order valence-corrected chi connectivity index (χ0v) is 48.1. The maximum atomic E-state index is 14.6. The van der Waals surface area contributed by atoms with Crippen LogP contribution in [0, 0.1) is 0 Å². The molecule has 0 aromatic heterocycles. The number of alkyl halides is 39. The van der Waals surface area contributed by atoms with Gasteiger partial charge in [-0.2, -0.15) is 158 Å². The van der Waals surface area contributed by atoms with Crippen LogP contribution in [-0.4, -0.2) is 210 Å². The second kappa shape index (κ2) is 31.5. The van der Waals surface area contributed by atoms with E-state index in [-0.39, 0.29) is 45.1 Å². The lowest BCUT2D eigenvalue weighted by atomic mass is 9.85.